The quantitative estimate of drug-likeness (QED) is 0.578. The van der Waals surface area contributed by atoms with E-state index in [9.17, 15) is 0 Å². The predicted molar refractivity (Wildman–Crippen MR) is 72.9 cm³/mol. The van der Waals surface area contributed by atoms with Crippen LogP contribution in [0.4, 0.5) is 0 Å². The highest BCUT2D eigenvalue weighted by molar-refractivity contribution is 5.10. The number of allylic oxidation sites excluding steroid dienone is 2. The summed E-state index contributed by atoms with van der Waals surface area (Å²) in [4.78, 5) is 0. The number of hydrogen-bond acceptors (Lipinski definition) is 1. The van der Waals surface area contributed by atoms with Crippen molar-refractivity contribution in [3.8, 4) is 0 Å². The average Bonchev–Trinajstić information content (AvgIpc) is 2.88. The van der Waals surface area contributed by atoms with Crippen molar-refractivity contribution in [2.24, 2.45) is 23.7 Å². The Kier molecular flexibility index (Phi) is 3.56. The Morgan fingerprint density at radius 1 is 1.06 bits per heavy atom. The monoisotopic (exact) mass is 233 g/mol. The molecule has 5 unspecified atom stereocenters. The molecule has 5 atom stereocenters. The molecule has 0 amide bonds. The first-order chi connectivity index (χ1) is 8.33. The van der Waals surface area contributed by atoms with Crippen molar-refractivity contribution in [2.45, 2.75) is 57.9 Å². The smallest absolute Gasteiger partial charge is 0.00928 e. The number of nitrogens with one attached hydrogen (secondary N) is 1. The third kappa shape index (κ3) is 2.59. The van der Waals surface area contributed by atoms with Crippen molar-refractivity contribution in [1.29, 1.82) is 0 Å². The molecule has 0 aromatic heterocycles. The third-order valence-corrected chi connectivity index (χ3v) is 5.42. The summed E-state index contributed by atoms with van der Waals surface area (Å²) in [5.74, 6) is 3.68. The van der Waals surface area contributed by atoms with Crippen LogP contribution in [0.3, 0.4) is 0 Å². The van der Waals surface area contributed by atoms with E-state index in [1.165, 1.54) is 51.5 Å². The summed E-state index contributed by atoms with van der Waals surface area (Å²) in [5.41, 5.74) is 0. The molecule has 0 radical (unpaired) electrons. The zero-order chi connectivity index (χ0) is 11.7. The summed E-state index contributed by atoms with van der Waals surface area (Å²) in [6.45, 7) is 3.73. The second-order valence-electron chi connectivity index (χ2n) is 6.67. The maximum Gasteiger partial charge on any atom is 0.00928 e. The highest BCUT2D eigenvalue weighted by Gasteiger charge is 2.35. The first-order valence-corrected chi connectivity index (χ1v) is 7.74. The fraction of sp³-hybridized carbons (Fsp3) is 0.875. The first-order valence-electron chi connectivity index (χ1n) is 7.74. The van der Waals surface area contributed by atoms with E-state index in [0.717, 1.165) is 29.7 Å². The number of rotatable bonds is 3. The fourth-order valence-corrected chi connectivity index (χ4v) is 4.23. The van der Waals surface area contributed by atoms with E-state index in [-0.39, 0.29) is 0 Å². The standard InChI is InChI=1S/C16H27N/c1-12-5-3-2-4-6-16(12)17-11-15-10-13-7-8-14(15)9-13/h7-8,12-17H,2-6,9-11H2,1H3. The topological polar surface area (TPSA) is 12.0 Å². The van der Waals surface area contributed by atoms with Crippen molar-refractivity contribution < 1.29 is 0 Å². The van der Waals surface area contributed by atoms with Crippen LogP contribution in [0.2, 0.25) is 0 Å². The normalized spacial score (nSPS) is 45.1. The van der Waals surface area contributed by atoms with E-state index >= 15 is 0 Å². The molecule has 0 aromatic carbocycles. The molecule has 0 spiro atoms. The van der Waals surface area contributed by atoms with Crippen molar-refractivity contribution in [2.75, 3.05) is 6.54 Å². The summed E-state index contributed by atoms with van der Waals surface area (Å²) in [7, 11) is 0. The zero-order valence-electron chi connectivity index (χ0n) is 11.2. The van der Waals surface area contributed by atoms with Gasteiger partial charge in [-0.1, -0.05) is 38.3 Å². The van der Waals surface area contributed by atoms with Crippen LogP contribution in [0.1, 0.15) is 51.9 Å². The van der Waals surface area contributed by atoms with E-state index in [2.05, 4.69) is 24.4 Å². The lowest BCUT2D eigenvalue weighted by Gasteiger charge is -2.26. The molecular formula is C16H27N. The van der Waals surface area contributed by atoms with E-state index in [0.29, 0.717) is 0 Å². The Bertz CT molecular complexity index is 283. The maximum atomic E-state index is 3.90. The largest absolute Gasteiger partial charge is 0.313 e. The molecule has 0 saturated heterocycles. The second kappa shape index (κ2) is 5.14. The predicted octanol–water partition coefficient (Wildman–Crippen LogP) is 3.76. The molecule has 3 aliphatic carbocycles. The molecule has 0 heterocycles. The van der Waals surface area contributed by atoms with Gasteiger partial charge in [0, 0.05) is 6.04 Å². The van der Waals surface area contributed by atoms with Gasteiger partial charge in [-0.05, 0) is 55.9 Å². The van der Waals surface area contributed by atoms with Crippen LogP contribution in [-0.2, 0) is 0 Å². The Balaban J connectivity index is 1.48. The molecular weight excluding hydrogens is 206 g/mol. The molecule has 2 bridgehead atoms. The van der Waals surface area contributed by atoms with Gasteiger partial charge in [-0.3, -0.25) is 0 Å². The van der Waals surface area contributed by atoms with Gasteiger partial charge in [0.15, 0.2) is 0 Å². The second-order valence-corrected chi connectivity index (χ2v) is 6.67. The van der Waals surface area contributed by atoms with Crippen LogP contribution in [0.5, 0.6) is 0 Å². The molecule has 96 valence electrons. The van der Waals surface area contributed by atoms with Gasteiger partial charge < -0.3 is 5.32 Å². The lowest BCUT2D eigenvalue weighted by Crippen LogP contribution is -2.38. The molecule has 3 aliphatic rings. The highest BCUT2D eigenvalue weighted by atomic mass is 14.9. The van der Waals surface area contributed by atoms with Crippen molar-refractivity contribution >= 4 is 0 Å². The third-order valence-electron chi connectivity index (χ3n) is 5.42. The van der Waals surface area contributed by atoms with E-state index < -0.39 is 0 Å². The summed E-state index contributed by atoms with van der Waals surface area (Å²) in [6.07, 6.45) is 15.1. The van der Waals surface area contributed by atoms with Gasteiger partial charge in [0.05, 0.1) is 0 Å². The minimum atomic E-state index is 0.806. The van der Waals surface area contributed by atoms with Crippen molar-refractivity contribution in [3.63, 3.8) is 0 Å². The molecule has 2 fully saturated rings. The number of fused-ring (bicyclic) bond motifs is 2. The first kappa shape index (κ1) is 11.8. The van der Waals surface area contributed by atoms with E-state index in [4.69, 9.17) is 0 Å². The molecule has 1 nitrogen and oxygen atoms in total. The average molecular weight is 233 g/mol. The van der Waals surface area contributed by atoms with Crippen LogP contribution in [0.15, 0.2) is 12.2 Å². The van der Waals surface area contributed by atoms with Gasteiger partial charge in [0.2, 0.25) is 0 Å². The van der Waals surface area contributed by atoms with Crippen LogP contribution in [-0.4, -0.2) is 12.6 Å². The van der Waals surface area contributed by atoms with Gasteiger partial charge >= 0.3 is 0 Å². The summed E-state index contributed by atoms with van der Waals surface area (Å²) in [6, 6.07) is 0.806. The minimum absolute atomic E-state index is 0.806. The summed E-state index contributed by atoms with van der Waals surface area (Å²) < 4.78 is 0. The van der Waals surface area contributed by atoms with Crippen molar-refractivity contribution in [1.82, 2.24) is 5.32 Å². The molecule has 0 aliphatic heterocycles. The highest BCUT2D eigenvalue weighted by Crippen LogP contribution is 2.43. The van der Waals surface area contributed by atoms with E-state index in [1.807, 2.05) is 0 Å². The lowest BCUT2D eigenvalue weighted by molar-refractivity contribution is 0.315. The summed E-state index contributed by atoms with van der Waals surface area (Å²) >= 11 is 0. The lowest BCUT2D eigenvalue weighted by atomic mass is 9.91. The Morgan fingerprint density at radius 3 is 2.71 bits per heavy atom. The molecule has 2 saturated carbocycles. The van der Waals surface area contributed by atoms with Gasteiger partial charge in [0.1, 0.15) is 0 Å². The van der Waals surface area contributed by atoms with Crippen molar-refractivity contribution in [3.05, 3.63) is 12.2 Å². The molecule has 17 heavy (non-hydrogen) atoms. The minimum Gasteiger partial charge on any atom is -0.313 e. The Labute approximate surface area is 106 Å². The van der Waals surface area contributed by atoms with Gasteiger partial charge in [-0.25, -0.2) is 0 Å². The van der Waals surface area contributed by atoms with Crippen LogP contribution in [0, 0.1) is 23.7 Å². The molecule has 1 heteroatoms. The number of hydrogen-bond donors (Lipinski definition) is 1. The fourth-order valence-electron chi connectivity index (χ4n) is 4.23. The van der Waals surface area contributed by atoms with Crippen LogP contribution >= 0.6 is 0 Å². The molecule has 0 aromatic rings. The van der Waals surface area contributed by atoms with Crippen LogP contribution < -0.4 is 5.32 Å². The SMILES string of the molecule is CC1CCCCCC1NCC1CC2C=CC1C2. The zero-order valence-corrected chi connectivity index (χ0v) is 11.2. The summed E-state index contributed by atoms with van der Waals surface area (Å²) in [5, 5.41) is 3.90. The van der Waals surface area contributed by atoms with E-state index in [1.54, 1.807) is 0 Å². The molecule has 3 rings (SSSR count). The van der Waals surface area contributed by atoms with Gasteiger partial charge in [-0.2, -0.15) is 0 Å². The van der Waals surface area contributed by atoms with Crippen LogP contribution in [0.25, 0.3) is 0 Å². The Morgan fingerprint density at radius 2 is 1.94 bits per heavy atom. The molecule has 1 N–H and O–H groups in total. The maximum absolute atomic E-state index is 3.90. The van der Waals surface area contributed by atoms with Gasteiger partial charge in [-0.15, -0.1) is 0 Å². The van der Waals surface area contributed by atoms with Gasteiger partial charge in [0.25, 0.3) is 0 Å². The Hall–Kier alpha value is -0.300.